The van der Waals surface area contributed by atoms with Gasteiger partial charge >= 0.3 is 0 Å². The maximum absolute atomic E-state index is 11.9. The lowest BCUT2D eigenvalue weighted by molar-refractivity contribution is -0.118. The number of nitrogens with zero attached hydrogens (tertiary/aromatic N) is 3. The molecule has 8 heteroatoms. The molecule has 0 unspecified atom stereocenters. The Morgan fingerprint density at radius 1 is 1.10 bits per heavy atom. The monoisotopic (exact) mass is 408 g/mol. The number of Topliss-reactive ketones (excluding diaryl/α,β-unsaturated/α-hetero) is 1. The predicted octanol–water partition coefficient (Wildman–Crippen LogP) is 3.80. The van der Waals surface area contributed by atoms with E-state index in [1.54, 1.807) is 24.3 Å². The Morgan fingerprint density at radius 3 is 2.45 bits per heavy atom. The van der Waals surface area contributed by atoms with Crippen LogP contribution in [0.4, 0.5) is 0 Å². The lowest BCUT2D eigenvalue weighted by Gasteiger charge is -2.02. The third-order valence-corrected chi connectivity index (χ3v) is 4.73. The van der Waals surface area contributed by atoms with Crippen LogP contribution >= 0.6 is 11.8 Å². The number of hydrazone groups is 1. The van der Waals surface area contributed by atoms with Gasteiger partial charge in [-0.2, -0.15) is 5.10 Å². The summed E-state index contributed by atoms with van der Waals surface area (Å²) in [6.45, 7) is 5.30. The van der Waals surface area contributed by atoms with Gasteiger partial charge in [-0.1, -0.05) is 36.0 Å². The molecule has 1 N–H and O–H groups in total. The third-order valence-electron chi connectivity index (χ3n) is 3.88. The normalized spacial score (nSPS) is 11.0. The van der Waals surface area contributed by atoms with Gasteiger partial charge in [-0.05, 0) is 39.0 Å². The maximum atomic E-state index is 11.9. The zero-order valence-corrected chi connectivity index (χ0v) is 17.1. The number of rotatable bonds is 7. The molecule has 0 bridgehead atoms. The molecule has 2 heterocycles. The number of ketones is 1. The summed E-state index contributed by atoms with van der Waals surface area (Å²) in [6, 6.07) is 12.6. The second-order valence-electron chi connectivity index (χ2n) is 6.35. The van der Waals surface area contributed by atoms with Crippen molar-refractivity contribution in [2.45, 2.75) is 25.9 Å². The summed E-state index contributed by atoms with van der Waals surface area (Å²) in [5.74, 6) is 1.06. The quantitative estimate of drug-likeness (QED) is 0.210. The Balaban J connectivity index is 1.52. The minimum Gasteiger partial charge on any atom is -0.455 e. The molecular formula is C21H20N4O3S. The van der Waals surface area contributed by atoms with Crippen molar-refractivity contribution in [2.75, 3.05) is 5.75 Å². The Hall–Kier alpha value is -3.26. The van der Waals surface area contributed by atoms with Gasteiger partial charge in [-0.3, -0.25) is 9.59 Å². The first-order valence-electron chi connectivity index (χ1n) is 8.89. The van der Waals surface area contributed by atoms with E-state index in [2.05, 4.69) is 20.5 Å². The van der Waals surface area contributed by atoms with Crippen molar-refractivity contribution < 1.29 is 14.0 Å². The molecule has 0 saturated heterocycles. The highest BCUT2D eigenvalue weighted by Crippen LogP contribution is 2.22. The molecule has 0 aliphatic carbocycles. The van der Waals surface area contributed by atoms with E-state index in [4.69, 9.17) is 4.42 Å². The number of benzene rings is 1. The number of carbonyl (C=O) groups excluding carboxylic acids is 2. The second-order valence-corrected chi connectivity index (χ2v) is 7.29. The van der Waals surface area contributed by atoms with Crippen LogP contribution in [-0.4, -0.2) is 33.6 Å². The van der Waals surface area contributed by atoms with Crippen molar-refractivity contribution in [3.8, 4) is 11.3 Å². The summed E-state index contributed by atoms with van der Waals surface area (Å²) in [6.07, 6.45) is 1.43. The molecule has 2 aromatic heterocycles. The van der Waals surface area contributed by atoms with Crippen molar-refractivity contribution in [2.24, 2.45) is 5.10 Å². The van der Waals surface area contributed by atoms with Gasteiger partial charge in [0.1, 0.15) is 11.5 Å². The number of furan rings is 1. The molecule has 0 atom stereocenters. The maximum Gasteiger partial charge on any atom is 0.250 e. The topological polar surface area (TPSA) is 97.5 Å². The summed E-state index contributed by atoms with van der Waals surface area (Å²) in [5, 5.41) is 4.48. The molecule has 0 spiro atoms. The lowest BCUT2D eigenvalue weighted by Crippen LogP contribution is -2.19. The highest BCUT2D eigenvalue weighted by molar-refractivity contribution is 7.99. The van der Waals surface area contributed by atoms with Crippen LogP contribution < -0.4 is 5.43 Å². The number of amides is 1. The molecule has 0 aliphatic rings. The van der Waals surface area contributed by atoms with Gasteiger partial charge in [0.05, 0.1) is 12.0 Å². The van der Waals surface area contributed by atoms with Crippen LogP contribution in [0.2, 0.25) is 0 Å². The van der Waals surface area contributed by atoms with E-state index < -0.39 is 0 Å². The number of aromatic nitrogens is 2. The predicted molar refractivity (Wildman–Crippen MR) is 112 cm³/mol. The molecule has 0 saturated carbocycles. The molecule has 1 aromatic carbocycles. The zero-order chi connectivity index (χ0) is 20.8. The zero-order valence-electron chi connectivity index (χ0n) is 16.3. The van der Waals surface area contributed by atoms with Crippen LogP contribution in [0.5, 0.6) is 0 Å². The van der Waals surface area contributed by atoms with Crippen LogP contribution in [0, 0.1) is 13.8 Å². The molecule has 0 radical (unpaired) electrons. The van der Waals surface area contributed by atoms with Crippen molar-refractivity contribution >= 4 is 29.7 Å². The Labute approximate surface area is 172 Å². The first kappa shape index (κ1) is 20.5. The molecule has 148 valence electrons. The van der Waals surface area contributed by atoms with Gasteiger partial charge in [-0.25, -0.2) is 15.4 Å². The fraction of sp³-hybridized carbons (Fsp3) is 0.190. The van der Waals surface area contributed by atoms with E-state index in [1.807, 2.05) is 32.0 Å². The number of hydrogen-bond acceptors (Lipinski definition) is 7. The van der Waals surface area contributed by atoms with E-state index >= 15 is 0 Å². The van der Waals surface area contributed by atoms with Crippen LogP contribution in [0.25, 0.3) is 11.3 Å². The van der Waals surface area contributed by atoms with Crippen LogP contribution in [-0.2, 0) is 4.79 Å². The van der Waals surface area contributed by atoms with E-state index in [9.17, 15) is 9.59 Å². The number of hydrogen-bond donors (Lipinski definition) is 1. The molecule has 3 rings (SSSR count). The van der Waals surface area contributed by atoms with Crippen LogP contribution in [0.3, 0.4) is 0 Å². The minimum absolute atomic E-state index is 0.0156. The second kappa shape index (κ2) is 9.29. The highest BCUT2D eigenvalue weighted by atomic mass is 32.2. The first-order chi connectivity index (χ1) is 13.9. The summed E-state index contributed by atoms with van der Waals surface area (Å²) in [4.78, 5) is 31.8. The summed E-state index contributed by atoms with van der Waals surface area (Å²) in [7, 11) is 0. The van der Waals surface area contributed by atoms with Gasteiger partial charge in [-0.15, -0.1) is 0 Å². The van der Waals surface area contributed by atoms with Crippen molar-refractivity contribution in [1.82, 2.24) is 15.4 Å². The molecule has 29 heavy (non-hydrogen) atoms. The number of aryl methyl sites for hydroxylation is 2. The Bertz CT molecular complexity index is 1040. The number of carbonyl (C=O) groups is 2. The van der Waals surface area contributed by atoms with E-state index in [-0.39, 0.29) is 17.4 Å². The van der Waals surface area contributed by atoms with E-state index in [1.165, 1.54) is 24.9 Å². The standard InChI is InChI=1S/C21H20N4O3S/c1-13-10-14(2)24-21(23-13)29-12-20(27)25-22-11-18-8-9-19(28-18)17-6-4-16(5-7-17)15(3)26/h4-11H,12H2,1-3H3,(H,25,27)/b22-11-. The highest BCUT2D eigenvalue weighted by Gasteiger charge is 2.07. The average Bonchev–Trinajstić information content (AvgIpc) is 3.14. The third kappa shape index (κ3) is 5.86. The molecule has 0 aliphatic heterocycles. The lowest BCUT2D eigenvalue weighted by atomic mass is 10.1. The van der Waals surface area contributed by atoms with Crippen LogP contribution in [0.1, 0.15) is 34.4 Å². The van der Waals surface area contributed by atoms with Crippen molar-refractivity contribution in [3.63, 3.8) is 0 Å². The molecule has 3 aromatic rings. The fourth-order valence-electron chi connectivity index (χ4n) is 2.53. The van der Waals surface area contributed by atoms with Crippen molar-refractivity contribution in [1.29, 1.82) is 0 Å². The van der Waals surface area contributed by atoms with Gasteiger partial charge in [0.25, 0.3) is 5.91 Å². The summed E-state index contributed by atoms with van der Waals surface area (Å²) in [5.41, 5.74) is 5.68. The summed E-state index contributed by atoms with van der Waals surface area (Å²) < 4.78 is 5.70. The summed E-state index contributed by atoms with van der Waals surface area (Å²) >= 11 is 1.25. The molecular weight excluding hydrogens is 388 g/mol. The fourth-order valence-corrected chi connectivity index (χ4v) is 3.28. The molecule has 0 fully saturated rings. The van der Waals surface area contributed by atoms with Gasteiger partial charge < -0.3 is 4.42 Å². The average molecular weight is 408 g/mol. The SMILES string of the molecule is CC(=O)c1ccc(-c2ccc(/C=N\NC(=O)CSc3nc(C)cc(C)n3)o2)cc1. The van der Waals surface area contributed by atoms with Gasteiger partial charge in [0.15, 0.2) is 10.9 Å². The Morgan fingerprint density at radius 2 is 1.79 bits per heavy atom. The van der Waals surface area contributed by atoms with Crippen LogP contribution in [0.15, 0.2) is 57.1 Å². The molecule has 7 nitrogen and oxygen atoms in total. The molecule has 1 amide bonds. The first-order valence-corrected chi connectivity index (χ1v) is 9.87. The van der Waals surface area contributed by atoms with Gasteiger partial charge in [0, 0.05) is 22.5 Å². The minimum atomic E-state index is -0.263. The largest absolute Gasteiger partial charge is 0.455 e. The Kier molecular flexibility index (Phi) is 6.56. The van der Waals surface area contributed by atoms with Gasteiger partial charge in [0.2, 0.25) is 0 Å². The van der Waals surface area contributed by atoms with E-state index in [0.29, 0.717) is 22.2 Å². The smallest absolute Gasteiger partial charge is 0.250 e. The van der Waals surface area contributed by atoms with E-state index in [0.717, 1.165) is 17.0 Å². The number of nitrogens with one attached hydrogen (secondary N) is 1. The number of thioether (sulfide) groups is 1. The van der Waals surface area contributed by atoms with Crippen molar-refractivity contribution in [3.05, 3.63) is 65.2 Å².